The topological polar surface area (TPSA) is 75.9 Å². The summed E-state index contributed by atoms with van der Waals surface area (Å²) in [4.78, 5) is 0. The molecule has 0 spiro atoms. The van der Waals surface area contributed by atoms with Gasteiger partial charge in [0.05, 0.1) is 22.3 Å². The van der Waals surface area contributed by atoms with Crippen LogP contribution in [0.15, 0.2) is 22.7 Å². The summed E-state index contributed by atoms with van der Waals surface area (Å²) >= 11 is 3.07. The number of sulfonamides is 1. The lowest BCUT2D eigenvalue weighted by molar-refractivity contribution is -0.360. The Morgan fingerprint density at radius 2 is 2.13 bits per heavy atom. The standard InChI is InChI=1S/C8H9BrFN2O2S/c9-6-1-2-8(7(10)5-6)12-15(13,14)4-3-11/h1-2,5H,3-4,11H2/q-1/p+1. The van der Waals surface area contributed by atoms with Gasteiger partial charge < -0.3 is 10.5 Å². The summed E-state index contributed by atoms with van der Waals surface area (Å²) in [5, 5.41) is 0. The van der Waals surface area contributed by atoms with Gasteiger partial charge in [-0.1, -0.05) is 27.7 Å². The summed E-state index contributed by atoms with van der Waals surface area (Å²) in [6.07, 6.45) is 0. The first-order valence-corrected chi connectivity index (χ1v) is 6.55. The van der Waals surface area contributed by atoms with Gasteiger partial charge in [0.2, 0.25) is 0 Å². The predicted octanol–water partition coefficient (Wildman–Crippen LogP) is 1.17. The van der Waals surface area contributed by atoms with Crippen LogP contribution in [0, 0.1) is 5.82 Å². The van der Waals surface area contributed by atoms with Gasteiger partial charge in [-0.2, -0.15) is 0 Å². The van der Waals surface area contributed by atoms with Crippen molar-refractivity contribution in [2.24, 2.45) is 0 Å². The Bertz CT molecular complexity index is 450. The molecule has 0 heterocycles. The van der Waals surface area contributed by atoms with Gasteiger partial charge in [0, 0.05) is 4.47 Å². The first-order valence-electron chi connectivity index (χ1n) is 4.14. The molecular formula is C8H10BrFN2O2S. The number of hydrogen-bond acceptors (Lipinski definition) is 2. The lowest BCUT2D eigenvalue weighted by Crippen LogP contribution is -2.52. The van der Waals surface area contributed by atoms with E-state index in [0.717, 1.165) is 0 Å². The summed E-state index contributed by atoms with van der Waals surface area (Å²) in [5.74, 6) is -0.848. The minimum absolute atomic E-state index is 0.174. The fraction of sp³-hybridized carbons (Fsp3) is 0.250. The molecule has 1 rings (SSSR count). The maximum absolute atomic E-state index is 13.2. The molecule has 0 radical (unpaired) electrons. The average molecular weight is 297 g/mol. The van der Waals surface area contributed by atoms with Gasteiger partial charge in [-0.15, -0.1) is 0 Å². The fourth-order valence-electron chi connectivity index (χ4n) is 0.933. The Hall–Kier alpha value is -0.660. The van der Waals surface area contributed by atoms with Crippen molar-refractivity contribution in [2.45, 2.75) is 0 Å². The third kappa shape index (κ3) is 3.77. The summed E-state index contributed by atoms with van der Waals surface area (Å²) in [5.41, 5.74) is 3.23. The first-order chi connectivity index (χ1) is 6.94. The molecule has 0 aliphatic rings. The van der Waals surface area contributed by atoms with E-state index in [9.17, 15) is 12.8 Å². The third-order valence-corrected chi connectivity index (χ3v) is 3.32. The molecule has 1 aromatic rings. The van der Waals surface area contributed by atoms with Crippen LogP contribution in [0.4, 0.5) is 10.1 Å². The zero-order chi connectivity index (χ0) is 11.5. The first kappa shape index (κ1) is 12.4. The minimum atomic E-state index is -3.61. The van der Waals surface area contributed by atoms with Crippen LogP contribution in [0.5, 0.6) is 0 Å². The van der Waals surface area contributed by atoms with Crippen LogP contribution in [-0.4, -0.2) is 20.7 Å². The van der Waals surface area contributed by atoms with Gasteiger partial charge in [-0.05, 0) is 12.1 Å². The second-order valence-corrected chi connectivity index (χ2v) is 5.50. The van der Waals surface area contributed by atoms with Gasteiger partial charge in [-0.25, -0.2) is 12.8 Å². The van der Waals surface area contributed by atoms with E-state index in [4.69, 9.17) is 0 Å². The molecule has 1 aromatic carbocycles. The summed E-state index contributed by atoms with van der Waals surface area (Å²) < 4.78 is 39.6. The number of nitrogens with zero attached hydrogens (tertiary/aromatic N) is 1. The number of quaternary nitrogens is 1. The lowest BCUT2D eigenvalue weighted by Gasteiger charge is -2.21. The molecule has 0 aliphatic carbocycles. The number of benzene rings is 1. The number of hydrogen-bond donors (Lipinski definition) is 1. The van der Waals surface area contributed by atoms with Gasteiger partial charge >= 0.3 is 0 Å². The second kappa shape index (κ2) is 4.91. The molecule has 0 unspecified atom stereocenters. The monoisotopic (exact) mass is 296 g/mol. The van der Waals surface area contributed by atoms with Crippen molar-refractivity contribution in [2.75, 3.05) is 12.3 Å². The lowest BCUT2D eigenvalue weighted by atomic mass is 10.3. The van der Waals surface area contributed by atoms with E-state index in [1.165, 1.54) is 18.2 Å². The van der Waals surface area contributed by atoms with E-state index in [-0.39, 0.29) is 18.0 Å². The van der Waals surface area contributed by atoms with Crippen molar-refractivity contribution in [3.63, 3.8) is 0 Å². The van der Waals surface area contributed by atoms with Crippen LogP contribution < -0.4 is 5.73 Å². The molecule has 7 heteroatoms. The molecule has 3 N–H and O–H groups in total. The zero-order valence-electron chi connectivity index (χ0n) is 7.78. The summed E-state index contributed by atoms with van der Waals surface area (Å²) in [6.45, 7) is 0.212. The third-order valence-electron chi connectivity index (χ3n) is 1.55. The molecule has 0 atom stereocenters. The highest BCUT2D eigenvalue weighted by molar-refractivity contribution is 9.10. The van der Waals surface area contributed by atoms with Gasteiger partial charge in [0.1, 0.15) is 5.82 Å². The van der Waals surface area contributed by atoms with Crippen molar-refractivity contribution < 1.29 is 18.5 Å². The van der Waals surface area contributed by atoms with Crippen LogP contribution in [0.3, 0.4) is 0 Å². The second-order valence-electron chi connectivity index (χ2n) is 2.83. The SMILES string of the molecule is [NH3+]CCS(=O)(=O)[N-]c1ccc(Br)cc1F. The van der Waals surface area contributed by atoms with E-state index in [0.29, 0.717) is 4.47 Å². The molecule has 0 saturated carbocycles. The van der Waals surface area contributed by atoms with Crippen molar-refractivity contribution in [3.8, 4) is 0 Å². The fourth-order valence-corrected chi connectivity index (χ4v) is 2.17. The van der Waals surface area contributed by atoms with E-state index in [1.807, 2.05) is 0 Å². The zero-order valence-corrected chi connectivity index (χ0v) is 10.2. The van der Waals surface area contributed by atoms with Gasteiger partial charge in [0.15, 0.2) is 0 Å². The molecule has 84 valence electrons. The van der Waals surface area contributed by atoms with Crippen molar-refractivity contribution in [1.82, 2.24) is 0 Å². The molecule has 0 amide bonds. The largest absolute Gasteiger partial charge is 0.574 e. The highest BCUT2D eigenvalue weighted by Gasteiger charge is 2.02. The van der Waals surface area contributed by atoms with E-state index in [1.54, 1.807) is 0 Å². The number of rotatable bonds is 4. The molecule has 0 fully saturated rings. The molecule has 0 bridgehead atoms. The Labute approximate surface area is 95.8 Å². The van der Waals surface area contributed by atoms with E-state index >= 15 is 0 Å². The summed E-state index contributed by atoms with van der Waals surface area (Å²) in [7, 11) is -3.61. The maximum atomic E-state index is 13.2. The number of halogens is 2. The minimum Gasteiger partial charge on any atom is -0.574 e. The molecular weight excluding hydrogens is 287 g/mol. The highest BCUT2D eigenvalue weighted by Crippen LogP contribution is 2.28. The van der Waals surface area contributed by atoms with E-state index < -0.39 is 15.8 Å². The Balaban J connectivity index is 2.90. The highest BCUT2D eigenvalue weighted by atomic mass is 79.9. The van der Waals surface area contributed by atoms with Crippen LogP contribution >= 0.6 is 15.9 Å². The smallest absolute Gasteiger partial charge is 0.110 e. The predicted molar refractivity (Wildman–Crippen MR) is 58.7 cm³/mol. The molecule has 0 aromatic heterocycles. The van der Waals surface area contributed by atoms with E-state index in [2.05, 4.69) is 26.4 Å². The maximum Gasteiger partial charge on any atom is 0.110 e. The van der Waals surface area contributed by atoms with Crippen LogP contribution in [0.25, 0.3) is 4.72 Å². The van der Waals surface area contributed by atoms with Crippen LogP contribution in [-0.2, 0) is 10.0 Å². The van der Waals surface area contributed by atoms with Crippen LogP contribution in [0.2, 0.25) is 0 Å². The average Bonchev–Trinajstić information content (AvgIpc) is 2.09. The quantitative estimate of drug-likeness (QED) is 0.905. The summed E-state index contributed by atoms with van der Waals surface area (Å²) in [6, 6.07) is 4.00. The normalized spacial score (nSPS) is 11.4. The van der Waals surface area contributed by atoms with Gasteiger partial charge in [0.25, 0.3) is 0 Å². The van der Waals surface area contributed by atoms with Gasteiger partial charge in [-0.3, -0.25) is 0 Å². The van der Waals surface area contributed by atoms with Crippen molar-refractivity contribution in [3.05, 3.63) is 33.2 Å². The van der Waals surface area contributed by atoms with Crippen molar-refractivity contribution >= 4 is 31.6 Å². The molecule has 4 nitrogen and oxygen atoms in total. The Morgan fingerprint density at radius 1 is 1.47 bits per heavy atom. The molecule has 0 saturated heterocycles. The molecule has 15 heavy (non-hydrogen) atoms. The van der Waals surface area contributed by atoms with Crippen LogP contribution in [0.1, 0.15) is 0 Å². The Morgan fingerprint density at radius 3 is 2.67 bits per heavy atom. The molecule has 0 aliphatic heterocycles. The van der Waals surface area contributed by atoms with Crippen molar-refractivity contribution in [1.29, 1.82) is 0 Å². The Kier molecular flexibility index (Phi) is 4.06.